The van der Waals surface area contributed by atoms with Gasteiger partial charge in [-0.25, -0.2) is 13.4 Å². The average Bonchev–Trinajstić information content (AvgIpc) is 3.34. The van der Waals surface area contributed by atoms with E-state index in [9.17, 15) is 13.2 Å². The zero-order chi connectivity index (χ0) is 24.7. The van der Waals surface area contributed by atoms with Crippen LogP contribution < -0.4 is 4.74 Å². The van der Waals surface area contributed by atoms with Crippen LogP contribution in [0.25, 0.3) is 0 Å². The first-order valence-corrected chi connectivity index (χ1v) is 13.7. The predicted molar refractivity (Wildman–Crippen MR) is 132 cm³/mol. The summed E-state index contributed by atoms with van der Waals surface area (Å²) in [4.78, 5) is 20.4. The van der Waals surface area contributed by atoms with E-state index < -0.39 is 15.4 Å². The van der Waals surface area contributed by atoms with Gasteiger partial charge in [-0.2, -0.15) is 0 Å². The van der Waals surface area contributed by atoms with Gasteiger partial charge in [0.25, 0.3) is 5.91 Å². The molecular weight excluding hydrogens is 468 g/mol. The van der Waals surface area contributed by atoms with E-state index in [1.807, 2.05) is 0 Å². The maximum Gasteiger partial charge on any atom is 0.254 e. The summed E-state index contributed by atoms with van der Waals surface area (Å²) in [6.45, 7) is 1.79. The minimum absolute atomic E-state index is 0.0106. The number of aliphatic imine (C=N–C) groups is 1. The summed E-state index contributed by atoms with van der Waals surface area (Å²) in [7, 11) is -3.58. The summed E-state index contributed by atoms with van der Waals surface area (Å²) >= 11 is 0. The summed E-state index contributed by atoms with van der Waals surface area (Å²) in [5.74, 6) is 0.619. The standard InChI is InChI=1S/C26H32N2O6S/c29-17-7-18-33-22-12-10-21(11-13-22)24-27-26(20-34-24,25(30)28-15-5-2-6-16-28)14-19-35(31,32)23-8-3-1-4-9-23/h1,3-4,8-13,29H,2,5-7,14-20H2/t26-/m1/s1. The van der Waals surface area contributed by atoms with Crippen molar-refractivity contribution < 1.29 is 27.8 Å². The fourth-order valence-electron chi connectivity index (χ4n) is 4.33. The zero-order valence-electron chi connectivity index (χ0n) is 19.8. The van der Waals surface area contributed by atoms with Crippen LogP contribution in [-0.2, 0) is 19.4 Å². The molecule has 1 fully saturated rings. The molecule has 0 saturated carbocycles. The van der Waals surface area contributed by atoms with E-state index in [1.165, 1.54) is 0 Å². The van der Waals surface area contributed by atoms with E-state index in [1.54, 1.807) is 59.5 Å². The molecule has 8 nitrogen and oxygen atoms in total. The van der Waals surface area contributed by atoms with Crippen LogP contribution in [0.4, 0.5) is 0 Å². The van der Waals surface area contributed by atoms with Gasteiger partial charge >= 0.3 is 0 Å². The third-order valence-corrected chi connectivity index (χ3v) is 8.10. The van der Waals surface area contributed by atoms with Gasteiger partial charge < -0.3 is 19.5 Å². The number of aliphatic hydroxyl groups is 1. The maximum atomic E-state index is 13.7. The Labute approximate surface area is 206 Å². The lowest BCUT2D eigenvalue weighted by molar-refractivity contribution is -0.138. The Bertz CT molecular complexity index is 1130. The second-order valence-corrected chi connectivity index (χ2v) is 11.0. The highest BCUT2D eigenvalue weighted by Gasteiger charge is 2.47. The highest BCUT2D eigenvalue weighted by atomic mass is 32.2. The first-order valence-electron chi connectivity index (χ1n) is 12.1. The summed E-state index contributed by atoms with van der Waals surface area (Å²) in [6.07, 6.45) is 3.53. The number of benzene rings is 2. The van der Waals surface area contributed by atoms with E-state index in [0.29, 0.717) is 43.3 Å². The lowest BCUT2D eigenvalue weighted by Gasteiger charge is -2.33. The summed E-state index contributed by atoms with van der Waals surface area (Å²) in [6, 6.07) is 15.4. The van der Waals surface area contributed by atoms with Crippen molar-refractivity contribution >= 4 is 21.6 Å². The third kappa shape index (κ3) is 6.02. The molecule has 4 rings (SSSR count). The van der Waals surface area contributed by atoms with Crippen molar-refractivity contribution in [3.63, 3.8) is 0 Å². The average molecular weight is 501 g/mol. The minimum Gasteiger partial charge on any atom is -0.494 e. The quantitative estimate of drug-likeness (QED) is 0.503. The zero-order valence-corrected chi connectivity index (χ0v) is 20.6. The fraction of sp³-hybridized carbons (Fsp3) is 0.462. The minimum atomic E-state index is -3.58. The molecule has 1 atom stereocenters. The van der Waals surface area contributed by atoms with Crippen molar-refractivity contribution in [2.45, 2.75) is 42.5 Å². The molecular formula is C26H32N2O6S. The number of nitrogens with zero attached hydrogens (tertiary/aromatic N) is 2. The number of piperidine rings is 1. The second-order valence-electron chi connectivity index (χ2n) is 8.92. The number of carbonyl (C=O) groups excluding carboxylic acids is 1. The van der Waals surface area contributed by atoms with Gasteiger partial charge in [0.1, 0.15) is 12.4 Å². The van der Waals surface area contributed by atoms with Crippen LogP contribution in [0.2, 0.25) is 0 Å². The van der Waals surface area contributed by atoms with Crippen molar-refractivity contribution in [1.82, 2.24) is 4.90 Å². The first-order chi connectivity index (χ1) is 16.9. The highest BCUT2D eigenvalue weighted by molar-refractivity contribution is 7.91. The fourth-order valence-corrected chi connectivity index (χ4v) is 5.74. The number of sulfone groups is 1. The lowest BCUT2D eigenvalue weighted by atomic mass is 9.95. The van der Waals surface area contributed by atoms with Crippen molar-refractivity contribution in [2.24, 2.45) is 4.99 Å². The number of hydrogen-bond acceptors (Lipinski definition) is 7. The van der Waals surface area contributed by atoms with E-state index in [-0.39, 0.29) is 36.2 Å². The van der Waals surface area contributed by atoms with Crippen LogP contribution in [0, 0.1) is 0 Å². The monoisotopic (exact) mass is 500 g/mol. The number of amides is 1. The van der Waals surface area contributed by atoms with Gasteiger partial charge in [0.2, 0.25) is 5.90 Å². The number of aliphatic hydroxyl groups excluding tert-OH is 1. The van der Waals surface area contributed by atoms with Gasteiger partial charge in [0.05, 0.1) is 17.3 Å². The van der Waals surface area contributed by atoms with Crippen molar-refractivity contribution in [1.29, 1.82) is 0 Å². The Kier molecular flexibility index (Phi) is 8.07. The van der Waals surface area contributed by atoms with Crippen LogP contribution in [0.1, 0.15) is 37.7 Å². The second kappa shape index (κ2) is 11.2. The Hall–Kier alpha value is -2.91. The Morgan fingerprint density at radius 3 is 2.46 bits per heavy atom. The topological polar surface area (TPSA) is 106 Å². The van der Waals surface area contributed by atoms with Crippen LogP contribution in [0.3, 0.4) is 0 Å². The summed E-state index contributed by atoms with van der Waals surface area (Å²) in [5, 5.41) is 8.90. The molecule has 1 amide bonds. The third-order valence-electron chi connectivity index (χ3n) is 6.36. The van der Waals surface area contributed by atoms with Gasteiger partial charge in [-0.3, -0.25) is 4.79 Å². The van der Waals surface area contributed by atoms with E-state index >= 15 is 0 Å². The molecule has 9 heteroatoms. The van der Waals surface area contributed by atoms with Gasteiger partial charge in [-0.15, -0.1) is 0 Å². The number of carbonyl (C=O) groups is 1. The Morgan fingerprint density at radius 1 is 1.06 bits per heavy atom. The van der Waals surface area contributed by atoms with Crippen molar-refractivity contribution in [3.05, 3.63) is 60.2 Å². The van der Waals surface area contributed by atoms with E-state index in [4.69, 9.17) is 19.6 Å². The first kappa shape index (κ1) is 25.2. The van der Waals surface area contributed by atoms with Crippen LogP contribution >= 0.6 is 0 Å². The molecule has 0 spiro atoms. The maximum absolute atomic E-state index is 13.7. The van der Waals surface area contributed by atoms with Crippen molar-refractivity contribution in [3.8, 4) is 5.75 Å². The molecule has 2 heterocycles. The normalized spacial score (nSPS) is 20.3. The van der Waals surface area contributed by atoms with E-state index in [2.05, 4.69) is 0 Å². The molecule has 2 aliphatic rings. The SMILES string of the molecule is O=C(N1CCCCC1)[C@@]1(CCS(=O)(=O)c2ccccc2)COC(c2ccc(OCCCO)cc2)=N1. The molecule has 1 N–H and O–H groups in total. The Morgan fingerprint density at radius 2 is 1.77 bits per heavy atom. The number of hydrogen-bond donors (Lipinski definition) is 1. The molecule has 2 aliphatic heterocycles. The lowest BCUT2D eigenvalue weighted by Crippen LogP contribution is -2.51. The molecule has 1 saturated heterocycles. The number of likely N-dealkylation sites (tertiary alicyclic amines) is 1. The van der Waals surface area contributed by atoms with Gasteiger partial charge in [0.15, 0.2) is 15.4 Å². The molecule has 35 heavy (non-hydrogen) atoms. The molecule has 2 aromatic carbocycles. The van der Waals surface area contributed by atoms with Gasteiger partial charge in [-0.05, 0) is 62.1 Å². The smallest absolute Gasteiger partial charge is 0.254 e. The molecule has 188 valence electrons. The summed E-state index contributed by atoms with van der Waals surface area (Å²) in [5.41, 5.74) is -0.580. The van der Waals surface area contributed by atoms with Crippen LogP contribution in [0.5, 0.6) is 5.75 Å². The van der Waals surface area contributed by atoms with Crippen molar-refractivity contribution in [2.75, 3.05) is 38.7 Å². The van der Waals surface area contributed by atoms with E-state index in [0.717, 1.165) is 19.3 Å². The van der Waals surface area contributed by atoms with Gasteiger partial charge in [-0.1, -0.05) is 18.2 Å². The van der Waals surface area contributed by atoms with Gasteiger partial charge in [0, 0.05) is 31.7 Å². The molecule has 0 aromatic heterocycles. The molecule has 0 aliphatic carbocycles. The molecule has 0 bridgehead atoms. The Balaban J connectivity index is 1.57. The molecule has 0 unspecified atom stereocenters. The summed E-state index contributed by atoms with van der Waals surface area (Å²) < 4.78 is 37.4. The van der Waals surface area contributed by atoms with Crippen LogP contribution in [-0.4, -0.2) is 74.4 Å². The number of ether oxygens (including phenoxy) is 2. The molecule has 2 aromatic rings. The predicted octanol–water partition coefficient (Wildman–Crippen LogP) is 2.84. The highest BCUT2D eigenvalue weighted by Crippen LogP contribution is 2.31. The number of rotatable bonds is 10. The largest absolute Gasteiger partial charge is 0.494 e. The van der Waals surface area contributed by atoms with Crippen LogP contribution in [0.15, 0.2) is 64.5 Å². The molecule has 0 radical (unpaired) electrons.